The summed E-state index contributed by atoms with van der Waals surface area (Å²) in [6.07, 6.45) is 4.08. The van der Waals surface area contributed by atoms with Gasteiger partial charge in [0.05, 0.1) is 0 Å². The molecule has 1 saturated heterocycles. The maximum absolute atomic E-state index is 6.02. The van der Waals surface area contributed by atoms with Gasteiger partial charge in [-0.1, -0.05) is 37.6 Å². The van der Waals surface area contributed by atoms with Gasteiger partial charge in [-0.2, -0.15) is 0 Å². The molecule has 1 aliphatic carbocycles. The van der Waals surface area contributed by atoms with Gasteiger partial charge in [0.25, 0.3) is 0 Å². The zero-order valence-corrected chi connectivity index (χ0v) is 14.1. The average molecular weight is 307 g/mol. The topological polar surface area (TPSA) is 15.3 Å². The lowest BCUT2D eigenvalue weighted by molar-refractivity contribution is 0.252. The van der Waals surface area contributed by atoms with Crippen molar-refractivity contribution in [2.45, 2.75) is 64.2 Å². The smallest absolute Gasteiger partial charge is 0.0406 e. The maximum atomic E-state index is 6.02. The molecule has 2 fully saturated rings. The zero-order valence-electron chi connectivity index (χ0n) is 13.3. The van der Waals surface area contributed by atoms with Crippen molar-refractivity contribution in [2.24, 2.45) is 5.92 Å². The summed E-state index contributed by atoms with van der Waals surface area (Å²) in [6, 6.07) is 11.0. The van der Waals surface area contributed by atoms with Gasteiger partial charge >= 0.3 is 0 Å². The van der Waals surface area contributed by atoms with Crippen molar-refractivity contribution in [2.75, 3.05) is 6.54 Å². The van der Waals surface area contributed by atoms with E-state index in [4.69, 9.17) is 11.6 Å². The molecular formula is C18H27ClN2. The van der Waals surface area contributed by atoms with Crippen LogP contribution in [0.4, 0.5) is 0 Å². The van der Waals surface area contributed by atoms with Crippen molar-refractivity contribution in [3.05, 3.63) is 34.9 Å². The summed E-state index contributed by atoms with van der Waals surface area (Å²) in [5.41, 5.74) is 1.35. The highest BCUT2D eigenvalue weighted by Gasteiger charge is 2.39. The van der Waals surface area contributed by atoms with Crippen LogP contribution < -0.4 is 5.32 Å². The number of nitrogens with zero attached hydrogens (tertiary/aromatic N) is 1. The standard InChI is InChI=1S/C18H27ClN2/c1-12(2)18(14-4-6-15(19)7-5-14)20-16-10-13(3)21(11-16)17-8-9-17/h4-7,12-13,16-18,20H,8-11H2,1-3H3. The van der Waals surface area contributed by atoms with Crippen LogP contribution in [0.5, 0.6) is 0 Å². The third-order valence-electron chi connectivity index (χ3n) is 4.95. The number of hydrogen-bond acceptors (Lipinski definition) is 2. The molecule has 1 aromatic rings. The second kappa shape index (κ2) is 6.28. The molecule has 0 radical (unpaired) electrons. The Morgan fingerprint density at radius 2 is 1.86 bits per heavy atom. The van der Waals surface area contributed by atoms with Gasteiger partial charge in [-0.3, -0.25) is 4.90 Å². The van der Waals surface area contributed by atoms with Gasteiger partial charge in [-0.15, -0.1) is 0 Å². The summed E-state index contributed by atoms with van der Waals surface area (Å²) in [5.74, 6) is 0.580. The second-order valence-electron chi connectivity index (χ2n) is 7.15. The fourth-order valence-corrected chi connectivity index (χ4v) is 3.82. The highest BCUT2D eigenvalue weighted by molar-refractivity contribution is 6.30. The fraction of sp³-hybridized carbons (Fsp3) is 0.667. The monoisotopic (exact) mass is 306 g/mol. The van der Waals surface area contributed by atoms with Crippen molar-refractivity contribution in [3.63, 3.8) is 0 Å². The summed E-state index contributed by atoms with van der Waals surface area (Å²) in [4.78, 5) is 2.71. The van der Waals surface area contributed by atoms with Crippen LogP contribution in [0, 0.1) is 5.92 Å². The largest absolute Gasteiger partial charge is 0.306 e. The molecule has 0 bridgehead atoms. The molecule has 3 atom stereocenters. The lowest BCUT2D eigenvalue weighted by Crippen LogP contribution is -2.38. The van der Waals surface area contributed by atoms with Gasteiger partial charge in [0.2, 0.25) is 0 Å². The Kier molecular flexibility index (Phi) is 4.58. The van der Waals surface area contributed by atoms with Crippen LogP contribution in [0.25, 0.3) is 0 Å². The van der Waals surface area contributed by atoms with Crippen molar-refractivity contribution >= 4 is 11.6 Å². The molecule has 1 N–H and O–H groups in total. The fourth-order valence-electron chi connectivity index (χ4n) is 3.69. The molecule has 1 saturated carbocycles. The van der Waals surface area contributed by atoms with Crippen LogP contribution in [-0.2, 0) is 0 Å². The van der Waals surface area contributed by atoms with E-state index < -0.39 is 0 Å². The first kappa shape index (κ1) is 15.3. The molecule has 3 unspecified atom stereocenters. The van der Waals surface area contributed by atoms with Crippen LogP contribution >= 0.6 is 11.6 Å². The summed E-state index contributed by atoms with van der Waals surface area (Å²) >= 11 is 6.02. The molecular weight excluding hydrogens is 280 g/mol. The lowest BCUT2D eigenvalue weighted by Gasteiger charge is -2.27. The Bertz CT molecular complexity index is 467. The van der Waals surface area contributed by atoms with Crippen LogP contribution in [0.1, 0.15) is 51.6 Å². The van der Waals surface area contributed by atoms with Gasteiger partial charge in [-0.05, 0) is 49.8 Å². The Morgan fingerprint density at radius 3 is 2.43 bits per heavy atom. The van der Waals surface area contributed by atoms with E-state index in [1.54, 1.807) is 0 Å². The molecule has 3 heteroatoms. The van der Waals surface area contributed by atoms with Gasteiger partial charge in [-0.25, -0.2) is 0 Å². The normalized spacial score (nSPS) is 28.2. The minimum absolute atomic E-state index is 0.415. The zero-order chi connectivity index (χ0) is 15.0. The Hall–Kier alpha value is -0.570. The first-order valence-electron chi connectivity index (χ1n) is 8.32. The quantitative estimate of drug-likeness (QED) is 0.875. The van der Waals surface area contributed by atoms with Gasteiger partial charge in [0.15, 0.2) is 0 Å². The summed E-state index contributed by atoms with van der Waals surface area (Å²) in [5, 5.41) is 4.72. The van der Waals surface area contributed by atoms with Crippen LogP contribution in [0.2, 0.25) is 5.02 Å². The molecule has 21 heavy (non-hydrogen) atoms. The first-order chi connectivity index (χ1) is 10.0. The molecule has 1 aliphatic heterocycles. The van der Waals surface area contributed by atoms with E-state index in [1.165, 1.54) is 31.4 Å². The van der Waals surface area contributed by atoms with Crippen molar-refractivity contribution in [3.8, 4) is 0 Å². The molecule has 0 amide bonds. The SMILES string of the molecule is CC(C)C(NC1CC(C)N(C2CC2)C1)c1ccc(Cl)cc1. The highest BCUT2D eigenvalue weighted by atomic mass is 35.5. The van der Waals surface area contributed by atoms with E-state index in [1.807, 2.05) is 12.1 Å². The molecule has 1 heterocycles. The molecule has 116 valence electrons. The van der Waals surface area contributed by atoms with Crippen molar-refractivity contribution < 1.29 is 0 Å². The van der Waals surface area contributed by atoms with Crippen molar-refractivity contribution in [1.82, 2.24) is 10.2 Å². The molecule has 2 nitrogen and oxygen atoms in total. The maximum Gasteiger partial charge on any atom is 0.0406 e. The predicted molar refractivity (Wildman–Crippen MR) is 89.8 cm³/mol. The Balaban J connectivity index is 1.67. The van der Waals surface area contributed by atoms with E-state index >= 15 is 0 Å². The van der Waals surface area contributed by atoms with Crippen LogP contribution in [0.3, 0.4) is 0 Å². The first-order valence-corrected chi connectivity index (χ1v) is 8.69. The number of halogens is 1. The number of rotatable bonds is 5. The van der Waals surface area contributed by atoms with Crippen LogP contribution in [-0.4, -0.2) is 29.6 Å². The summed E-state index contributed by atoms with van der Waals surface area (Å²) in [7, 11) is 0. The van der Waals surface area contributed by atoms with Crippen LogP contribution in [0.15, 0.2) is 24.3 Å². The molecule has 2 aliphatic rings. The minimum Gasteiger partial charge on any atom is -0.306 e. The third kappa shape index (κ3) is 3.61. The number of benzene rings is 1. The van der Waals surface area contributed by atoms with E-state index in [9.17, 15) is 0 Å². The second-order valence-corrected chi connectivity index (χ2v) is 7.59. The van der Waals surface area contributed by atoms with E-state index in [2.05, 4.69) is 43.1 Å². The van der Waals surface area contributed by atoms with E-state index in [0.717, 1.165) is 17.1 Å². The number of likely N-dealkylation sites (tertiary alicyclic amines) is 1. The summed E-state index contributed by atoms with van der Waals surface area (Å²) in [6.45, 7) is 8.18. The predicted octanol–water partition coefficient (Wildman–Crippen LogP) is 4.25. The van der Waals surface area contributed by atoms with Gasteiger partial charge in [0.1, 0.15) is 0 Å². The Morgan fingerprint density at radius 1 is 1.19 bits per heavy atom. The molecule has 0 aromatic heterocycles. The molecule has 0 spiro atoms. The van der Waals surface area contributed by atoms with Gasteiger partial charge < -0.3 is 5.32 Å². The van der Waals surface area contributed by atoms with Crippen molar-refractivity contribution in [1.29, 1.82) is 0 Å². The minimum atomic E-state index is 0.415. The number of nitrogens with one attached hydrogen (secondary N) is 1. The number of hydrogen-bond donors (Lipinski definition) is 1. The lowest BCUT2D eigenvalue weighted by atomic mass is 9.95. The highest BCUT2D eigenvalue weighted by Crippen LogP contribution is 2.34. The summed E-state index contributed by atoms with van der Waals surface area (Å²) < 4.78 is 0. The average Bonchev–Trinajstić information content (AvgIpc) is 3.21. The van der Waals surface area contributed by atoms with E-state index in [-0.39, 0.29) is 0 Å². The van der Waals surface area contributed by atoms with E-state index in [0.29, 0.717) is 18.0 Å². The third-order valence-corrected chi connectivity index (χ3v) is 5.20. The molecule has 1 aromatic carbocycles. The van der Waals surface area contributed by atoms with Gasteiger partial charge in [0, 0.05) is 35.7 Å². The molecule has 3 rings (SSSR count). The Labute approximate surface area is 133 Å².